The molecule has 0 spiro atoms. The Bertz CT molecular complexity index is 315. The van der Waals surface area contributed by atoms with Crippen molar-refractivity contribution in [2.24, 2.45) is 11.1 Å². The van der Waals surface area contributed by atoms with Crippen LogP contribution in [-0.2, 0) is 9.59 Å². The molecule has 0 aliphatic carbocycles. The normalized spacial score (nSPS) is 16.2. The second kappa shape index (κ2) is 6.18. The molecule has 0 aromatic rings. The van der Waals surface area contributed by atoms with E-state index in [0.29, 0.717) is 32.6 Å². The predicted molar refractivity (Wildman–Crippen MR) is 70.9 cm³/mol. The number of nitrogens with two attached hydrogens (primary N) is 1. The molecule has 18 heavy (non-hydrogen) atoms. The molecule has 0 saturated carbocycles. The zero-order chi connectivity index (χ0) is 13.8. The molecule has 0 bridgehead atoms. The summed E-state index contributed by atoms with van der Waals surface area (Å²) in [6.07, 6.45) is 1.44. The third-order valence-electron chi connectivity index (χ3n) is 3.40. The Kier molecular flexibility index (Phi) is 5.14. The number of hydrogen-bond donors (Lipinski definition) is 1. The summed E-state index contributed by atoms with van der Waals surface area (Å²) in [7, 11) is 0. The van der Waals surface area contributed by atoms with Gasteiger partial charge in [-0.2, -0.15) is 0 Å². The molecule has 5 heteroatoms. The molecule has 1 aliphatic rings. The van der Waals surface area contributed by atoms with Gasteiger partial charge < -0.3 is 15.5 Å². The topological polar surface area (TPSA) is 66.6 Å². The van der Waals surface area contributed by atoms with Gasteiger partial charge in [0.15, 0.2) is 0 Å². The molecule has 0 unspecified atom stereocenters. The van der Waals surface area contributed by atoms with Crippen molar-refractivity contribution in [3.63, 3.8) is 0 Å². The van der Waals surface area contributed by atoms with Gasteiger partial charge in [0.2, 0.25) is 11.8 Å². The van der Waals surface area contributed by atoms with E-state index >= 15 is 0 Å². The fourth-order valence-electron chi connectivity index (χ4n) is 2.09. The van der Waals surface area contributed by atoms with Crippen LogP contribution in [0.4, 0.5) is 0 Å². The molecule has 1 fully saturated rings. The van der Waals surface area contributed by atoms with E-state index in [-0.39, 0.29) is 23.8 Å². The minimum Gasteiger partial charge on any atom is -0.341 e. The van der Waals surface area contributed by atoms with Crippen molar-refractivity contribution < 1.29 is 9.59 Å². The average molecular weight is 255 g/mol. The Morgan fingerprint density at radius 3 is 2.61 bits per heavy atom. The monoisotopic (exact) mass is 255 g/mol. The van der Waals surface area contributed by atoms with Crippen molar-refractivity contribution in [3.05, 3.63) is 0 Å². The fourth-order valence-corrected chi connectivity index (χ4v) is 2.09. The molecular formula is C13H25N3O2. The Labute approximate surface area is 109 Å². The van der Waals surface area contributed by atoms with Gasteiger partial charge in [-0.15, -0.1) is 0 Å². The van der Waals surface area contributed by atoms with Crippen LogP contribution in [0, 0.1) is 5.41 Å². The van der Waals surface area contributed by atoms with Crippen LogP contribution >= 0.6 is 0 Å². The van der Waals surface area contributed by atoms with Crippen molar-refractivity contribution in [2.45, 2.75) is 33.6 Å². The zero-order valence-electron chi connectivity index (χ0n) is 11.7. The van der Waals surface area contributed by atoms with E-state index in [4.69, 9.17) is 5.73 Å². The van der Waals surface area contributed by atoms with Gasteiger partial charge in [-0.1, -0.05) is 13.8 Å². The highest BCUT2D eigenvalue weighted by Gasteiger charge is 2.27. The first-order valence-corrected chi connectivity index (χ1v) is 6.65. The lowest BCUT2D eigenvalue weighted by molar-refractivity contribution is -0.139. The summed E-state index contributed by atoms with van der Waals surface area (Å²) in [6, 6.07) is 0. The molecule has 0 aromatic heterocycles. The fraction of sp³-hybridized carbons (Fsp3) is 0.846. The molecule has 5 nitrogen and oxygen atoms in total. The maximum atomic E-state index is 12.2. The number of rotatable bonds is 6. The summed E-state index contributed by atoms with van der Waals surface area (Å²) in [6.45, 7) is 8.81. The molecule has 1 saturated heterocycles. The summed E-state index contributed by atoms with van der Waals surface area (Å²) >= 11 is 0. The van der Waals surface area contributed by atoms with Crippen LogP contribution in [0.3, 0.4) is 0 Å². The first-order chi connectivity index (χ1) is 8.39. The second-order valence-electron chi connectivity index (χ2n) is 5.70. The Hall–Kier alpha value is -1.10. The molecule has 0 atom stereocenters. The van der Waals surface area contributed by atoms with Crippen LogP contribution in [0.15, 0.2) is 0 Å². The Balaban J connectivity index is 2.54. The Morgan fingerprint density at radius 1 is 1.50 bits per heavy atom. The molecule has 0 radical (unpaired) electrons. The number of carbonyl (C=O) groups excluding carboxylic acids is 2. The van der Waals surface area contributed by atoms with Crippen molar-refractivity contribution in [1.29, 1.82) is 0 Å². The molecule has 1 heterocycles. The predicted octanol–water partition coefficient (Wildman–Crippen LogP) is 0.442. The summed E-state index contributed by atoms with van der Waals surface area (Å²) in [4.78, 5) is 27.1. The number of amides is 2. The lowest BCUT2D eigenvalue weighted by Gasteiger charge is -2.32. The first-order valence-electron chi connectivity index (χ1n) is 6.65. The van der Waals surface area contributed by atoms with Crippen molar-refractivity contribution in [1.82, 2.24) is 9.80 Å². The lowest BCUT2D eigenvalue weighted by Crippen LogP contribution is -2.46. The molecule has 2 N–H and O–H groups in total. The highest BCUT2D eigenvalue weighted by atomic mass is 16.2. The van der Waals surface area contributed by atoms with E-state index < -0.39 is 0 Å². The third kappa shape index (κ3) is 3.98. The number of likely N-dealkylation sites (N-methyl/N-ethyl adjacent to an activating group) is 1. The van der Waals surface area contributed by atoms with Gasteiger partial charge in [0.05, 0.1) is 6.54 Å². The van der Waals surface area contributed by atoms with Gasteiger partial charge in [-0.3, -0.25) is 9.59 Å². The SMILES string of the molecule is CCN(CC(C)(C)CN)C(=O)CN1CCCC1=O. The smallest absolute Gasteiger partial charge is 0.242 e. The van der Waals surface area contributed by atoms with E-state index in [2.05, 4.69) is 0 Å². The second-order valence-corrected chi connectivity index (χ2v) is 5.70. The van der Waals surface area contributed by atoms with Crippen LogP contribution in [0.1, 0.15) is 33.6 Å². The Morgan fingerprint density at radius 2 is 2.17 bits per heavy atom. The summed E-state index contributed by atoms with van der Waals surface area (Å²) in [5, 5.41) is 0. The van der Waals surface area contributed by atoms with Crippen LogP contribution in [0.25, 0.3) is 0 Å². The molecule has 1 aliphatic heterocycles. The van der Waals surface area contributed by atoms with Gasteiger partial charge in [0.1, 0.15) is 0 Å². The van der Waals surface area contributed by atoms with Crippen LogP contribution < -0.4 is 5.73 Å². The van der Waals surface area contributed by atoms with Crippen LogP contribution in [0.5, 0.6) is 0 Å². The summed E-state index contributed by atoms with van der Waals surface area (Å²) in [5.74, 6) is 0.117. The highest BCUT2D eigenvalue weighted by Crippen LogP contribution is 2.16. The summed E-state index contributed by atoms with van der Waals surface area (Å²) < 4.78 is 0. The number of nitrogens with zero attached hydrogens (tertiary/aromatic N) is 2. The van der Waals surface area contributed by atoms with E-state index in [9.17, 15) is 9.59 Å². The molecule has 2 amide bonds. The zero-order valence-corrected chi connectivity index (χ0v) is 11.7. The van der Waals surface area contributed by atoms with Crippen molar-refractivity contribution in [3.8, 4) is 0 Å². The van der Waals surface area contributed by atoms with Gasteiger partial charge in [0, 0.05) is 26.1 Å². The third-order valence-corrected chi connectivity index (χ3v) is 3.40. The van der Waals surface area contributed by atoms with E-state index in [1.165, 1.54) is 0 Å². The first kappa shape index (κ1) is 15.0. The average Bonchev–Trinajstić information content (AvgIpc) is 2.72. The van der Waals surface area contributed by atoms with E-state index in [1.807, 2.05) is 20.8 Å². The van der Waals surface area contributed by atoms with Crippen LogP contribution in [-0.4, -0.2) is 54.3 Å². The van der Waals surface area contributed by atoms with Gasteiger partial charge in [0.25, 0.3) is 0 Å². The number of hydrogen-bond acceptors (Lipinski definition) is 3. The van der Waals surface area contributed by atoms with E-state index in [1.54, 1.807) is 9.80 Å². The van der Waals surface area contributed by atoms with Gasteiger partial charge >= 0.3 is 0 Å². The van der Waals surface area contributed by atoms with Gasteiger partial charge in [-0.25, -0.2) is 0 Å². The van der Waals surface area contributed by atoms with Crippen LogP contribution in [0.2, 0.25) is 0 Å². The van der Waals surface area contributed by atoms with Crippen molar-refractivity contribution in [2.75, 3.05) is 32.7 Å². The van der Waals surface area contributed by atoms with Gasteiger partial charge in [-0.05, 0) is 25.3 Å². The maximum Gasteiger partial charge on any atom is 0.242 e. The molecule has 104 valence electrons. The van der Waals surface area contributed by atoms with Crippen molar-refractivity contribution >= 4 is 11.8 Å². The molecule has 0 aromatic carbocycles. The highest BCUT2D eigenvalue weighted by molar-refractivity contribution is 5.85. The largest absolute Gasteiger partial charge is 0.341 e. The number of likely N-dealkylation sites (tertiary alicyclic amines) is 1. The number of carbonyl (C=O) groups is 2. The van der Waals surface area contributed by atoms with E-state index in [0.717, 1.165) is 6.42 Å². The minimum absolute atomic E-state index is 0.0225. The standard InChI is InChI=1S/C13H25N3O2/c1-4-15(10-13(2,3)9-14)12(18)8-16-7-5-6-11(16)17/h4-10,14H2,1-3H3. The summed E-state index contributed by atoms with van der Waals surface area (Å²) in [5.41, 5.74) is 5.61. The lowest BCUT2D eigenvalue weighted by atomic mass is 9.93. The molecular weight excluding hydrogens is 230 g/mol. The minimum atomic E-state index is -0.0827. The molecule has 1 rings (SSSR count). The maximum absolute atomic E-state index is 12.2. The quantitative estimate of drug-likeness (QED) is 0.749.